The number of anilines is 1. The van der Waals surface area contributed by atoms with Crippen molar-refractivity contribution in [2.24, 2.45) is 0 Å². The highest BCUT2D eigenvalue weighted by atomic mass is 16.2. The molecule has 134 valence electrons. The van der Waals surface area contributed by atoms with Crippen LogP contribution in [-0.2, 0) is 17.8 Å². The van der Waals surface area contributed by atoms with Gasteiger partial charge in [0.2, 0.25) is 5.91 Å². The van der Waals surface area contributed by atoms with Crippen molar-refractivity contribution in [2.45, 2.75) is 19.0 Å². The minimum absolute atomic E-state index is 0.144. The van der Waals surface area contributed by atoms with E-state index in [1.807, 2.05) is 61.5 Å². The van der Waals surface area contributed by atoms with Gasteiger partial charge in [-0.3, -0.25) is 4.79 Å². The molecule has 2 heterocycles. The minimum atomic E-state index is -0.521. The molecule has 3 rings (SSSR count). The number of rotatable bonds is 7. The van der Waals surface area contributed by atoms with Crippen LogP contribution >= 0.6 is 0 Å². The predicted octanol–water partition coefficient (Wildman–Crippen LogP) is 1.23. The number of pyridine rings is 1. The van der Waals surface area contributed by atoms with Crippen LogP contribution in [0.2, 0.25) is 0 Å². The van der Waals surface area contributed by atoms with Gasteiger partial charge in [-0.2, -0.15) is 0 Å². The van der Waals surface area contributed by atoms with E-state index in [1.165, 1.54) is 11.0 Å². The van der Waals surface area contributed by atoms with E-state index in [0.717, 1.165) is 16.9 Å². The maximum absolute atomic E-state index is 12.8. The first-order valence-electron chi connectivity index (χ1n) is 8.30. The summed E-state index contributed by atoms with van der Waals surface area (Å²) >= 11 is 0. The van der Waals surface area contributed by atoms with Crippen LogP contribution in [0, 0.1) is 0 Å². The average Bonchev–Trinajstić information content (AvgIpc) is 3.19. The lowest BCUT2D eigenvalue weighted by Crippen LogP contribution is -2.34. The lowest BCUT2D eigenvalue weighted by atomic mass is 10.1. The van der Waals surface area contributed by atoms with E-state index < -0.39 is 6.04 Å². The second-order valence-corrected chi connectivity index (χ2v) is 6.09. The highest BCUT2D eigenvalue weighted by molar-refractivity contribution is 5.80. The molecule has 2 aromatic heterocycles. The Morgan fingerprint density at radius 1 is 1.19 bits per heavy atom. The fraction of sp³-hybridized carbons (Fsp3) is 0.278. The fourth-order valence-electron chi connectivity index (χ4n) is 2.73. The molecule has 0 aliphatic rings. The first-order valence-corrected chi connectivity index (χ1v) is 8.30. The Hall–Kier alpha value is -3.29. The Labute approximate surface area is 151 Å². The molecular formula is C18H21N7O. The van der Waals surface area contributed by atoms with Gasteiger partial charge in [0, 0.05) is 38.8 Å². The van der Waals surface area contributed by atoms with Crippen LogP contribution in [0.3, 0.4) is 0 Å². The summed E-state index contributed by atoms with van der Waals surface area (Å²) in [5.41, 5.74) is 1.99. The van der Waals surface area contributed by atoms with Gasteiger partial charge in [-0.05, 0) is 22.1 Å². The molecule has 0 aliphatic heterocycles. The lowest BCUT2D eigenvalue weighted by molar-refractivity contribution is -0.124. The first-order chi connectivity index (χ1) is 12.6. The smallest absolute Gasteiger partial charge is 0.245 e. The number of hydrogen-bond donors (Lipinski definition) is 1. The summed E-state index contributed by atoms with van der Waals surface area (Å²) in [6.07, 6.45) is 3.70. The highest BCUT2D eigenvalue weighted by Crippen LogP contribution is 2.16. The number of nitrogens with zero attached hydrogens (tertiary/aromatic N) is 6. The van der Waals surface area contributed by atoms with Gasteiger partial charge < -0.3 is 10.2 Å². The molecule has 0 fully saturated rings. The number of carbonyl (C=O) groups is 1. The molecule has 0 bridgehead atoms. The number of nitrogens with one attached hydrogen (secondary N) is 1. The molecule has 3 aromatic rings. The van der Waals surface area contributed by atoms with Crippen LogP contribution in [0.4, 0.5) is 5.82 Å². The van der Waals surface area contributed by atoms with Crippen molar-refractivity contribution in [3.8, 4) is 0 Å². The molecule has 0 radical (unpaired) electrons. The number of aromatic nitrogens is 5. The summed E-state index contributed by atoms with van der Waals surface area (Å²) in [4.78, 5) is 19.1. The van der Waals surface area contributed by atoms with Crippen LogP contribution in [0.25, 0.3) is 0 Å². The molecule has 26 heavy (non-hydrogen) atoms. The summed E-state index contributed by atoms with van der Waals surface area (Å²) < 4.78 is 1.48. The van der Waals surface area contributed by atoms with Gasteiger partial charge in [0.15, 0.2) is 0 Å². The molecule has 0 spiro atoms. The first kappa shape index (κ1) is 17.5. The van der Waals surface area contributed by atoms with Crippen LogP contribution in [0.5, 0.6) is 0 Å². The van der Waals surface area contributed by atoms with E-state index in [4.69, 9.17) is 0 Å². The zero-order chi connectivity index (χ0) is 18.4. The van der Waals surface area contributed by atoms with Gasteiger partial charge in [0.05, 0.1) is 0 Å². The number of amides is 1. The number of hydrogen-bond acceptors (Lipinski definition) is 6. The summed E-state index contributed by atoms with van der Waals surface area (Å²) in [6.45, 7) is 0.383. The molecule has 8 nitrogen and oxygen atoms in total. The van der Waals surface area contributed by atoms with Gasteiger partial charge in [0.25, 0.3) is 0 Å². The van der Waals surface area contributed by atoms with Gasteiger partial charge in [-0.25, -0.2) is 9.67 Å². The molecule has 0 aliphatic carbocycles. The Morgan fingerprint density at radius 2 is 2.00 bits per heavy atom. The van der Waals surface area contributed by atoms with E-state index in [1.54, 1.807) is 6.20 Å². The normalized spacial score (nSPS) is 11.8. The van der Waals surface area contributed by atoms with Gasteiger partial charge in [0.1, 0.15) is 18.2 Å². The van der Waals surface area contributed by atoms with Crippen LogP contribution in [0.15, 0.2) is 55.0 Å². The predicted molar refractivity (Wildman–Crippen MR) is 97.4 cm³/mol. The zero-order valence-corrected chi connectivity index (χ0v) is 14.8. The summed E-state index contributed by atoms with van der Waals surface area (Å²) in [5.74, 6) is 0.685. The van der Waals surface area contributed by atoms with Gasteiger partial charge in [-0.1, -0.05) is 36.4 Å². The van der Waals surface area contributed by atoms with Crippen molar-refractivity contribution >= 4 is 11.7 Å². The lowest BCUT2D eigenvalue weighted by Gasteiger charge is -2.19. The molecule has 1 unspecified atom stereocenters. The molecule has 1 amide bonds. The highest BCUT2D eigenvalue weighted by Gasteiger charge is 2.22. The van der Waals surface area contributed by atoms with Crippen molar-refractivity contribution in [1.29, 1.82) is 0 Å². The van der Waals surface area contributed by atoms with Crippen LogP contribution in [0.1, 0.15) is 17.2 Å². The third-order valence-corrected chi connectivity index (χ3v) is 4.00. The Bertz CT molecular complexity index is 834. The molecule has 1 N–H and O–H groups in total. The zero-order valence-electron chi connectivity index (χ0n) is 14.8. The molecule has 0 saturated carbocycles. The van der Waals surface area contributed by atoms with Crippen molar-refractivity contribution < 1.29 is 4.79 Å². The fourth-order valence-corrected chi connectivity index (χ4v) is 2.73. The standard InChI is InChI=1S/C18H21N7O/c1-24(2)17-15(9-6-10-19-17)12-20-18(26)16(25-13-21-22-23-25)11-14-7-4-3-5-8-14/h3-10,13,16H,11-12H2,1-2H3,(H,20,26). The quantitative estimate of drug-likeness (QED) is 0.689. The van der Waals surface area contributed by atoms with E-state index in [-0.39, 0.29) is 5.91 Å². The van der Waals surface area contributed by atoms with E-state index in [2.05, 4.69) is 25.8 Å². The molecular weight excluding hydrogens is 330 g/mol. The number of benzene rings is 1. The Morgan fingerprint density at radius 3 is 2.69 bits per heavy atom. The third kappa shape index (κ3) is 4.21. The van der Waals surface area contributed by atoms with E-state index in [0.29, 0.717) is 13.0 Å². The van der Waals surface area contributed by atoms with Crippen molar-refractivity contribution in [3.05, 3.63) is 66.1 Å². The van der Waals surface area contributed by atoms with Crippen LogP contribution in [-0.4, -0.2) is 45.2 Å². The van der Waals surface area contributed by atoms with E-state index in [9.17, 15) is 4.79 Å². The van der Waals surface area contributed by atoms with Crippen molar-refractivity contribution in [2.75, 3.05) is 19.0 Å². The van der Waals surface area contributed by atoms with Crippen LogP contribution < -0.4 is 10.2 Å². The second-order valence-electron chi connectivity index (χ2n) is 6.09. The summed E-state index contributed by atoms with van der Waals surface area (Å²) in [7, 11) is 3.85. The molecule has 8 heteroatoms. The maximum Gasteiger partial charge on any atom is 0.245 e. The molecule has 1 atom stereocenters. The minimum Gasteiger partial charge on any atom is -0.362 e. The van der Waals surface area contributed by atoms with Crippen molar-refractivity contribution in [1.82, 2.24) is 30.5 Å². The average molecular weight is 351 g/mol. The maximum atomic E-state index is 12.8. The summed E-state index contributed by atoms with van der Waals surface area (Å²) in [5, 5.41) is 14.2. The SMILES string of the molecule is CN(C)c1ncccc1CNC(=O)C(Cc1ccccc1)n1cnnn1. The molecule has 0 saturated heterocycles. The van der Waals surface area contributed by atoms with E-state index >= 15 is 0 Å². The third-order valence-electron chi connectivity index (χ3n) is 4.00. The van der Waals surface area contributed by atoms with Gasteiger partial charge >= 0.3 is 0 Å². The number of carbonyl (C=O) groups excluding carboxylic acids is 1. The van der Waals surface area contributed by atoms with Gasteiger partial charge in [-0.15, -0.1) is 5.10 Å². The monoisotopic (exact) mass is 351 g/mol. The van der Waals surface area contributed by atoms with Crippen molar-refractivity contribution in [3.63, 3.8) is 0 Å². The summed E-state index contributed by atoms with van der Waals surface area (Å²) in [6, 6.07) is 13.1. The Kier molecular flexibility index (Phi) is 5.52. The Balaban J connectivity index is 1.74. The number of tetrazole rings is 1. The largest absolute Gasteiger partial charge is 0.362 e. The molecule has 1 aromatic carbocycles. The topological polar surface area (TPSA) is 88.8 Å². The second kappa shape index (κ2) is 8.19.